The Kier molecular flexibility index (Phi) is 5.09. The molecular weight excluding hydrogens is 374 g/mol. The van der Waals surface area contributed by atoms with Gasteiger partial charge in [-0.05, 0) is 30.5 Å². The predicted octanol–water partition coefficient (Wildman–Crippen LogP) is 3.62. The van der Waals surface area contributed by atoms with Crippen LogP contribution >= 0.6 is 11.8 Å². The topological polar surface area (TPSA) is 84.1 Å². The van der Waals surface area contributed by atoms with Gasteiger partial charge in [0.15, 0.2) is 10.9 Å². The molecule has 1 aliphatic carbocycles. The van der Waals surface area contributed by atoms with E-state index >= 15 is 0 Å². The number of ether oxygens (including phenoxy) is 1. The van der Waals surface area contributed by atoms with Crippen LogP contribution in [0.15, 0.2) is 58.1 Å². The van der Waals surface area contributed by atoms with Crippen molar-refractivity contribution in [1.82, 2.24) is 9.97 Å². The maximum Gasteiger partial charge on any atom is 0.257 e. The van der Waals surface area contributed by atoms with E-state index in [1.165, 1.54) is 11.8 Å². The lowest BCUT2D eigenvalue weighted by molar-refractivity contribution is -0.116. The second-order valence-corrected chi connectivity index (χ2v) is 7.75. The fourth-order valence-corrected chi connectivity index (χ4v) is 4.40. The number of methoxy groups -OCH3 is 1. The summed E-state index contributed by atoms with van der Waals surface area (Å²) in [7, 11) is 1.60. The molecule has 0 bridgehead atoms. The third-order valence-electron chi connectivity index (χ3n) is 5.00. The number of benzene rings is 1. The molecule has 1 aromatic heterocycles. The van der Waals surface area contributed by atoms with Gasteiger partial charge in [0.2, 0.25) is 0 Å². The van der Waals surface area contributed by atoms with Crippen LogP contribution in [0, 0.1) is 0 Å². The summed E-state index contributed by atoms with van der Waals surface area (Å²) >= 11 is 1.41. The molecule has 0 saturated heterocycles. The highest BCUT2D eigenvalue weighted by molar-refractivity contribution is 7.99. The number of rotatable bonds is 5. The van der Waals surface area contributed by atoms with Gasteiger partial charge in [-0.15, -0.1) is 6.58 Å². The number of anilines is 1. The maximum atomic E-state index is 13.0. The van der Waals surface area contributed by atoms with Crippen LogP contribution in [-0.2, 0) is 4.79 Å². The van der Waals surface area contributed by atoms with E-state index in [1.54, 1.807) is 13.2 Å². The van der Waals surface area contributed by atoms with Crippen molar-refractivity contribution in [1.29, 1.82) is 0 Å². The van der Waals surface area contributed by atoms with Crippen LogP contribution in [-0.4, -0.2) is 28.6 Å². The number of hydrogen-bond donors (Lipinski definition) is 2. The molecule has 2 N–H and O–H groups in total. The summed E-state index contributed by atoms with van der Waals surface area (Å²) < 4.78 is 5.36. The Bertz CT molecular complexity index is 1040. The molecule has 4 rings (SSSR count). The summed E-state index contributed by atoms with van der Waals surface area (Å²) in [6.45, 7) is 3.70. The molecule has 2 heterocycles. The van der Waals surface area contributed by atoms with Crippen LogP contribution in [0.1, 0.15) is 36.3 Å². The van der Waals surface area contributed by atoms with E-state index in [9.17, 15) is 9.59 Å². The summed E-state index contributed by atoms with van der Waals surface area (Å²) in [5.74, 6) is 1.48. The first-order chi connectivity index (χ1) is 13.6. The highest BCUT2D eigenvalue weighted by Gasteiger charge is 2.37. The number of Topliss-reactive ketones (excluding diaryl/α,β-unsaturated/α-hetero) is 1. The quantitative estimate of drug-likeness (QED) is 0.457. The van der Waals surface area contributed by atoms with Crippen LogP contribution in [0.25, 0.3) is 0 Å². The van der Waals surface area contributed by atoms with Gasteiger partial charge in [0.05, 0.1) is 12.7 Å². The largest absolute Gasteiger partial charge is 0.497 e. The smallest absolute Gasteiger partial charge is 0.257 e. The minimum Gasteiger partial charge on any atom is -0.497 e. The fraction of sp³-hybridized carbons (Fsp3) is 0.286. The van der Waals surface area contributed by atoms with Gasteiger partial charge in [0, 0.05) is 29.4 Å². The Balaban J connectivity index is 1.91. The number of carbonyl (C=O) groups is 1. The third-order valence-corrected chi connectivity index (χ3v) is 5.87. The van der Waals surface area contributed by atoms with Crippen molar-refractivity contribution in [2.75, 3.05) is 18.2 Å². The number of fused-ring (bicyclic) bond motifs is 1. The molecule has 0 unspecified atom stereocenters. The molecule has 0 radical (unpaired) electrons. The van der Waals surface area contributed by atoms with E-state index in [-0.39, 0.29) is 11.3 Å². The molecule has 0 amide bonds. The van der Waals surface area contributed by atoms with Crippen molar-refractivity contribution >= 4 is 23.4 Å². The van der Waals surface area contributed by atoms with Gasteiger partial charge >= 0.3 is 0 Å². The lowest BCUT2D eigenvalue weighted by atomic mass is 9.76. The summed E-state index contributed by atoms with van der Waals surface area (Å²) in [5, 5.41) is 3.81. The minimum absolute atomic E-state index is 0.0803. The predicted molar refractivity (Wildman–Crippen MR) is 110 cm³/mol. The molecule has 2 aliphatic rings. The zero-order valence-electron chi connectivity index (χ0n) is 15.6. The number of allylic oxidation sites excluding steroid dienone is 2. The lowest BCUT2D eigenvalue weighted by Crippen LogP contribution is -2.32. The third kappa shape index (κ3) is 3.26. The van der Waals surface area contributed by atoms with Gasteiger partial charge in [-0.25, -0.2) is 4.98 Å². The summed E-state index contributed by atoms with van der Waals surface area (Å²) in [6.07, 6.45) is 3.82. The molecule has 28 heavy (non-hydrogen) atoms. The van der Waals surface area contributed by atoms with Crippen LogP contribution in [0.2, 0.25) is 0 Å². The van der Waals surface area contributed by atoms with Gasteiger partial charge in [-0.1, -0.05) is 30.0 Å². The first-order valence-electron chi connectivity index (χ1n) is 9.17. The van der Waals surface area contributed by atoms with Gasteiger partial charge in [-0.2, -0.15) is 0 Å². The number of ketones is 1. The average molecular weight is 395 g/mol. The molecule has 144 valence electrons. The molecule has 6 nitrogen and oxygen atoms in total. The van der Waals surface area contributed by atoms with Gasteiger partial charge in [-0.3, -0.25) is 9.59 Å². The SMILES string of the molecule is C=CCSc1nc2c(c(=O)[nH]1)[C@H](c1cccc(OC)c1)C1=C(CCCC1=O)N2. The van der Waals surface area contributed by atoms with Gasteiger partial charge in [0.25, 0.3) is 5.56 Å². The van der Waals surface area contributed by atoms with Crippen LogP contribution in [0.5, 0.6) is 5.75 Å². The number of nitrogens with one attached hydrogen (secondary N) is 2. The first-order valence-corrected chi connectivity index (χ1v) is 10.2. The second kappa shape index (κ2) is 7.67. The number of carbonyl (C=O) groups excluding carboxylic acids is 1. The van der Waals surface area contributed by atoms with E-state index in [0.717, 1.165) is 24.1 Å². The van der Waals surface area contributed by atoms with Crippen molar-refractivity contribution in [2.45, 2.75) is 30.3 Å². The molecule has 7 heteroatoms. The number of aromatic nitrogens is 2. The molecule has 0 spiro atoms. The molecular formula is C21H21N3O3S. The Morgan fingerprint density at radius 2 is 2.21 bits per heavy atom. The molecule has 1 atom stereocenters. The number of thioether (sulfide) groups is 1. The molecule has 0 saturated carbocycles. The second-order valence-electron chi connectivity index (χ2n) is 6.74. The average Bonchev–Trinajstić information content (AvgIpc) is 2.71. The van der Waals surface area contributed by atoms with Crippen molar-refractivity contribution in [3.63, 3.8) is 0 Å². The zero-order valence-corrected chi connectivity index (χ0v) is 16.4. The Labute approximate surface area is 167 Å². The van der Waals surface area contributed by atoms with Crippen molar-refractivity contribution < 1.29 is 9.53 Å². The number of nitrogens with zero attached hydrogens (tertiary/aromatic N) is 1. The maximum absolute atomic E-state index is 13.0. The Morgan fingerprint density at radius 3 is 3.00 bits per heavy atom. The monoisotopic (exact) mass is 395 g/mol. The van der Waals surface area contributed by atoms with Crippen molar-refractivity contribution in [3.05, 3.63) is 69.7 Å². The number of H-pyrrole nitrogens is 1. The standard InChI is InChI=1S/C21H21N3O3S/c1-3-10-28-21-23-19-18(20(26)24-21)16(12-6-4-7-13(11-12)27-2)17-14(22-19)8-5-9-15(17)25/h3-4,6-7,11,16H,1,5,8-10H2,2H3,(H2,22,23,24,26)/t16-/m1/s1. The molecule has 2 aromatic rings. The van der Waals surface area contributed by atoms with Crippen LogP contribution < -0.4 is 15.6 Å². The Morgan fingerprint density at radius 1 is 1.36 bits per heavy atom. The minimum atomic E-state index is -0.455. The molecule has 0 fully saturated rings. The van der Waals surface area contributed by atoms with E-state index in [0.29, 0.717) is 40.0 Å². The van der Waals surface area contributed by atoms with Crippen molar-refractivity contribution in [2.24, 2.45) is 0 Å². The Hall–Kier alpha value is -2.80. The van der Waals surface area contributed by atoms with Gasteiger partial charge < -0.3 is 15.0 Å². The highest BCUT2D eigenvalue weighted by atomic mass is 32.2. The molecule has 1 aromatic carbocycles. The van der Waals surface area contributed by atoms with E-state index in [4.69, 9.17) is 4.74 Å². The highest BCUT2D eigenvalue weighted by Crippen LogP contribution is 2.43. The van der Waals surface area contributed by atoms with Crippen molar-refractivity contribution in [3.8, 4) is 5.75 Å². The number of aromatic amines is 1. The van der Waals surface area contributed by atoms with E-state index < -0.39 is 5.92 Å². The lowest BCUT2D eigenvalue weighted by Gasteiger charge is -2.32. The molecule has 1 aliphatic heterocycles. The normalized spacial score (nSPS) is 18.2. The van der Waals surface area contributed by atoms with Gasteiger partial charge in [0.1, 0.15) is 11.6 Å². The zero-order chi connectivity index (χ0) is 19.7. The summed E-state index contributed by atoms with van der Waals surface area (Å²) in [5.41, 5.74) is 2.63. The van der Waals surface area contributed by atoms with Crippen LogP contribution in [0.4, 0.5) is 5.82 Å². The summed E-state index contributed by atoms with van der Waals surface area (Å²) in [6, 6.07) is 7.53. The van der Waals surface area contributed by atoms with Crippen LogP contribution in [0.3, 0.4) is 0 Å². The van der Waals surface area contributed by atoms with E-state index in [1.807, 2.05) is 24.3 Å². The summed E-state index contributed by atoms with van der Waals surface area (Å²) in [4.78, 5) is 33.3. The number of hydrogen-bond acceptors (Lipinski definition) is 6. The van der Waals surface area contributed by atoms with E-state index in [2.05, 4.69) is 21.9 Å². The first kappa shape index (κ1) is 18.6. The fourth-order valence-electron chi connectivity index (χ4n) is 3.80.